The molecule has 560 valence electrons. The molecule has 4 heterocycles. The number of aliphatic imine (C=N–C) groups is 1. The predicted octanol–water partition coefficient (Wildman–Crippen LogP) is 0.385. The topological polar surface area (TPSA) is 454 Å². The number of rotatable bonds is 39. The number of amides is 7. The van der Waals surface area contributed by atoms with Crippen LogP contribution in [0.3, 0.4) is 0 Å². The van der Waals surface area contributed by atoms with E-state index < -0.39 is 157 Å². The average Bonchev–Trinajstić information content (AvgIpc) is 1.16. The van der Waals surface area contributed by atoms with Crippen LogP contribution in [-0.4, -0.2) is 282 Å². The van der Waals surface area contributed by atoms with Crippen LogP contribution in [-0.2, 0) is 109 Å². The van der Waals surface area contributed by atoms with Gasteiger partial charge in [-0.1, -0.05) is 12.5 Å². The highest BCUT2D eigenvalue weighted by molar-refractivity contribution is 5.94. The number of esters is 2. The standard InChI is InChI=1S/C62H93N9O29/c1-14-20-85-26-28-89-30-31-90-29-27-86-21-15-46(74)71(18-24-87-22-16-63-55(77)97-49(44-34-91-59(81)95-44)51-47(69-38(4)72)40(32-42(93-51)53(75)83-12)65-36(2)67-57(79)99-61(6,7)8)19-25-88-23-17-64-56(78)98-50(45-35-92-60(82)96-45)52-48(70-39(5)73)41(33-43(94-52)54(76)84-13)66-37(3)68-58(80)100-62(9,10)11/h1,32-33,40-41,44-45,47-52,65H,2,15-31,34-35H2,3-13H3,(H,63,77)(H,64,78)(H,67,79)(H,69,72)(H,70,73)(H,66,68,80)/t40-,41-,44+,45+,47+,48+,49+,50+,51+,52+/m0/s1. The maximum atomic E-state index is 13.7. The van der Waals surface area contributed by atoms with Gasteiger partial charge in [0, 0.05) is 40.0 Å². The van der Waals surface area contributed by atoms with Crippen LogP contribution in [0.25, 0.3) is 0 Å². The molecule has 0 aromatic rings. The largest absolute Gasteiger partial charge is 0.508 e. The summed E-state index contributed by atoms with van der Waals surface area (Å²) in [5.41, 5.74) is -1.77. The summed E-state index contributed by atoms with van der Waals surface area (Å²) < 4.78 is 98.0. The minimum Gasteiger partial charge on any atom is -0.477 e. The minimum atomic E-state index is -1.61. The second kappa shape index (κ2) is 42.5. The molecule has 7 amide bonds. The molecule has 4 aliphatic rings. The van der Waals surface area contributed by atoms with E-state index in [2.05, 4.69) is 54.7 Å². The van der Waals surface area contributed by atoms with Crippen molar-refractivity contribution in [3.05, 3.63) is 36.1 Å². The Morgan fingerprint density at radius 1 is 0.590 bits per heavy atom. The molecule has 0 unspecified atom stereocenters. The van der Waals surface area contributed by atoms with E-state index in [9.17, 15) is 52.7 Å². The normalized spacial score (nSPS) is 20.8. The predicted molar refractivity (Wildman–Crippen MR) is 341 cm³/mol. The molecular formula is C62H93N9O29. The van der Waals surface area contributed by atoms with Gasteiger partial charge in [-0.3, -0.25) is 30.0 Å². The molecule has 100 heavy (non-hydrogen) atoms. The first-order valence-corrected chi connectivity index (χ1v) is 31.6. The Morgan fingerprint density at radius 3 is 1.48 bits per heavy atom. The van der Waals surface area contributed by atoms with Crippen molar-refractivity contribution in [1.82, 2.24) is 42.1 Å². The number of ether oxygens (including phenoxy) is 18. The number of carbonyl (C=O) groups excluding carboxylic acids is 11. The molecule has 0 aromatic carbocycles. The fourth-order valence-electron chi connectivity index (χ4n) is 9.37. The monoisotopic (exact) mass is 1430 g/mol. The number of hydrogen-bond donors (Lipinski definition) is 7. The van der Waals surface area contributed by atoms with Crippen LogP contribution in [0.2, 0.25) is 0 Å². The van der Waals surface area contributed by atoms with Crippen molar-refractivity contribution in [3.8, 4) is 12.3 Å². The molecule has 0 saturated carbocycles. The highest BCUT2D eigenvalue weighted by Gasteiger charge is 2.52. The molecule has 38 heteroatoms. The third-order valence-electron chi connectivity index (χ3n) is 13.4. The zero-order valence-electron chi connectivity index (χ0n) is 57.9. The maximum absolute atomic E-state index is 13.7. The van der Waals surface area contributed by atoms with E-state index in [-0.39, 0.29) is 110 Å². The van der Waals surface area contributed by atoms with E-state index in [4.69, 9.17) is 91.7 Å². The molecule has 7 N–H and O–H groups in total. The van der Waals surface area contributed by atoms with Crippen molar-refractivity contribution < 1.29 is 138 Å². The Balaban J connectivity index is 1.41. The molecule has 0 bridgehead atoms. The van der Waals surface area contributed by atoms with E-state index in [1.807, 2.05) is 0 Å². The highest BCUT2D eigenvalue weighted by atomic mass is 16.8. The third-order valence-corrected chi connectivity index (χ3v) is 13.4. The smallest absolute Gasteiger partial charge is 0.477 e. The number of methoxy groups -OCH3 is 2. The summed E-state index contributed by atoms with van der Waals surface area (Å²) in [7, 11) is 2.15. The summed E-state index contributed by atoms with van der Waals surface area (Å²) >= 11 is 0. The fraction of sp³-hybridized carbons (Fsp3) is 0.677. The first kappa shape index (κ1) is 83.0. The SMILES string of the molecule is C#CCOCCOCCOCCOCCC(=O)N(CCOCCNC(=O)O[C@@H]([C@@H]1OC(C(=O)OC)=C[C@H](N=C(C)NC(=O)OC(C)(C)C)[C@H]1NC(C)=O)[C@H]1COC(=O)O1)CCOCCNC(=O)O[C@@H]([C@@H]1OC(C(=O)OC)=C[C@H](NC(=C)NC(=O)OC(C)(C)C)[C@H]1NC(C)=O)[C@H]1COC(=O)O1. The number of terminal acetylenes is 1. The van der Waals surface area contributed by atoms with Gasteiger partial charge < -0.3 is 117 Å². The summed E-state index contributed by atoms with van der Waals surface area (Å²) in [6, 6.07) is -4.88. The summed E-state index contributed by atoms with van der Waals surface area (Å²) in [5, 5.41) is 18.2. The zero-order chi connectivity index (χ0) is 74.0. The zero-order valence-corrected chi connectivity index (χ0v) is 57.9. The maximum Gasteiger partial charge on any atom is 0.508 e. The number of alkyl carbamates (subject to hydrolysis) is 4. The van der Waals surface area contributed by atoms with E-state index in [1.165, 1.54) is 37.8 Å². The Hall–Kier alpha value is -9.42. The van der Waals surface area contributed by atoms with Crippen LogP contribution in [0.4, 0.5) is 28.8 Å². The van der Waals surface area contributed by atoms with E-state index in [0.717, 1.165) is 14.2 Å². The van der Waals surface area contributed by atoms with E-state index in [0.29, 0.717) is 19.8 Å². The van der Waals surface area contributed by atoms with Crippen LogP contribution in [0, 0.1) is 12.3 Å². The average molecular weight is 1430 g/mol. The highest BCUT2D eigenvalue weighted by Crippen LogP contribution is 2.31. The van der Waals surface area contributed by atoms with Gasteiger partial charge >= 0.3 is 48.6 Å². The van der Waals surface area contributed by atoms with Gasteiger partial charge in [0.2, 0.25) is 29.2 Å². The quantitative estimate of drug-likeness (QED) is 0.0109. The Kier molecular flexibility index (Phi) is 35.3. The summed E-state index contributed by atoms with van der Waals surface area (Å²) in [6.45, 7) is 17.5. The molecule has 38 nitrogen and oxygen atoms in total. The van der Waals surface area contributed by atoms with Gasteiger partial charge in [0.15, 0.2) is 36.6 Å². The van der Waals surface area contributed by atoms with Crippen molar-refractivity contribution in [2.75, 3.05) is 133 Å². The second-order valence-electron chi connectivity index (χ2n) is 23.7. The number of amidine groups is 1. The molecule has 0 spiro atoms. The van der Waals surface area contributed by atoms with Gasteiger partial charge in [-0.15, -0.1) is 6.42 Å². The summed E-state index contributed by atoms with van der Waals surface area (Å²) in [4.78, 5) is 148. The van der Waals surface area contributed by atoms with Gasteiger partial charge in [0.05, 0.1) is 117 Å². The molecule has 2 fully saturated rings. The molecule has 4 aliphatic heterocycles. The van der Waals surface area contributed by atoms with Gasteiger partial charge in [-0.25, -0.2) is 38.4 Å². The molecule has 0 radical (unpaired) electrons. The molecule has 0 aromatic heterocycles. The van der Waals surface area contributed by atoms with Crippen LogP contribution in [0.5, 0.6) is 0 Å². The molecule has 0 aliphatic carbocycles. The van der Waals surface area contributed by atoms with Crippen molar-refractivity contribution in [1.29, 1.82) is 0 Å². The lowest BCUT2D eigenvalue weighted by Gasteiger charge is -2.41. The summed E-state index contributed by atoms with van der Waals surface area (Å²) in [6.07, 6.45) is -7.69. The lowest BCUT2D eigenvalue weighted by molar-refractivity contribution is -0.148. The molecule has 10 atom stereocenters. The molecule has 4 rings (SSSR count). The Labute approximate surface area is 577 Å². The van der Waals surface area contributed by atoms with Crippen LogP contribution in [0.15, 0.2) is 41.1 Å². The number of cyclic esters (lactones) is 4. The van der Waals surface area contributed by atoms with Gasteiger partial charge in [-0.2, -0.15) is 0 Å². The van der Waals surface area contributed by atoms with Crippen molar-refractivity contribution >= 4 is 72.2 Å². The lowest BCUT2D eigenvalue weighted by atomic mass is 9.91. The lowest BCUT2D eigenvalue weighted by Crippen LogP contribution is -2.64. The Morgan fingerprint density at radius 2 is 1.03 bits per heavy atom. The third kappa shape index (κ3) is 31.2. The van der Waals surface area contributed by atoms with E-state index >= 15 is 0 Å². The second-order valence-corrected chi connectivity index (χ2v) is 23.7. The minimum absolute atomic E-state index is 0.00355. The van der Waals surface area contributed by atoms with Crippen LogP contribution >= 0.6 is 0 Å². The Bertz CT molecular complexity index is 2930. The van der Waals surface area contributed by atoms with E-state index in [1.54, 1.807) is 41.5 Å². The number of nitrogens with zero attached hydrogens (tertiary/aromatic N) is 2. The fourth-order valence-corrected chi connectivity index (χ4v) is 9.37. The van der Waals surface area contributed by atoms with Crippen molar-refractivity contribution in [2.45, 2.75) is 141 Å². The summed E-state index contributed by atoms with van der Waals surface area (Å²) in [5.74, 6) is -2.25. The number of carbonyl (C=O) groups is 11. The molecule has 2 saturated heterocycles. The first-order valence-electron chi connectivity index (χ1n) is 31.6. The number of hydrogen-bond acceptors (Lipinski definition) is 31. The van der Waals surface area contributed by atoms with Gasteiger partial charge in [0.25, 0.3) is 0 Å². The number of nitrogens with one attached hydrogen (secondary N) is 7. The first-order chi connectivity index (χ1) is 47.4. The van der Waals surface area contributed by atoms with Gasteiger partial charge in [-0.05, 0) is 60.6 Å². The molecular weight excluding hydrogens is 1330 g/mol. The van der Waals surface area contributed by atoms with Crippen molar-refractivity contribution in [2.24, 2.45) is 4.99 Å². The van der Waals surface area contributed by atoms with Crippen LogP contribution in [0.1, 0.15) is 68.7 Å². The van der Waals surface area contributed by atoms with Crippen LogP contribution < -0.4 is 37.2 Å². The van der Waals surface area contributed by atoms with Gasteiger partial charge in [0.1, 0.15) is 42.7 Å². The van der Waals surface area contributed by atoms with Crippen molar-refractivity contribution in [3.63, 3.8) is 0 Å².